The van der Waals surface area contributed by atoms with E-state index in [-0.39, 0.29) is 0 Å². The Labute approximate surface area is 134 Å². The van der Waals surface area contributed by atoms with Crippen LogP contribution >= 0.6 is 27.5 Å². The van der Waals surface area contributed by atoms with Crippen LogP contribution in [0.2, 0.25) is 5.02 Å². The largest absolute Gasteiger partial charge is 0.489 e. The van der Waals surface area contributed by atoms with Crippen molar-refractivity contribution in [1.82, 2.24) is 15.0 Å². The quantitative estimate of drug-likeness (QED) is 0.874. The first-order chi connectivity index (χ1) is 10.1. The van der Waals surface area contributed by atoms with Crippen molar-refractivity contribution in [3.05, 3.63) is 33.0 Å². The lowest BCUT2D eigenvalue weighted by Gasteiger charge is -2.15. The Bertz CT molecular complexity index is 657. The molecule has 1 aliphatic heterocycles. The second-order valence-corrected chi connectivity index (χ2v) is 5.83. The summed E-state index contributed by atoms with van der Waals surface area (Å²) in [6.45, 7) is 1.12. The van der Waals surface area contributed by atoms with Gasteiger partial charge in [0.25, 0.3) is 0 Å². The molecule has 0 saturated heterocycles. The SMILES string of the molecule is Cn1nnc(Br)c1C(O)c1cc(Cl)c2c(c1)OCCCO2. The van der Waals surface area contributed by atoms with E-state index in [1.54, 1.807) is 19.2 Å². The molecule has 2 aromatic rings. The van der Waals surface area contributed by atoms with Gasteiger partial charge < -0.3 is 14.6 Å². The van der Waals surface area contributed by atoms with Gasteiger partial charge in [0, 0.05) is 13.5 Å². The summed E-state index contributed by atoms with van der Waals surface area (Å²) in [7, 11) is 1.71. The van der Waals surface area contributed by atoms with Crippen molar-refractivity contribution in [3.63, 3.8) is 0 Å². The van der Waals surface area contributed by atoms with Gasteiger partial charge >= 0.3 is 0 Å². The number of ether oxygens (including phenoxy) is 2. The first-order valence-electron chi connectivity index (χ1n) is 6.40. The fourth-order valence-corrected chi connectivity index (χ4v) is 3.01. The van der Waals surface area contributed by atoms with E-state index in [0.717, 1.165) is 6.42 Å². The molecule has 3 rings (SSSR count). The molecule has 6 nitrogen and oxygen atoms in total. The van der Waals surface area contributed by atoms with Crippen molar-refractivity contribution < 1.29 is 14.6 Å². The minimum atomic E-state index is -0.922. The van der Waals surface area contributed by atoms with E-state index in [4.69, 9.17) is 21.1 Å². The van der Waals surface area contributed by atoms with Crippen molar-refractivity contribution in [1.29, 1.82) is 0 Å². The molecule has 1 aromatic heterocycles. The number of aryl methyl sites for hydroxylation is 1. The van der Waals surface area contributed by atoms with Gasteiger partial charge in [0.1, 0.15) is 11.8 Å². The number of hydrogen-bond donors (Lipinski definition) is 1. The molecule has 0 saturated carbocycles. The zero-order chi connectivity index (χ0) is 15.0. The molecule has 0 bridgehead atoms. The smallest absolute Gasteiger partial charge is 0.179 e. The van der Waals surface area contributed by atoms with Crippen LogP contribution in [0.3, 0.4) is 0 Å². The molecule has 1 unspecified atom stereocenters. The zero-order valence-electron chi connectivity index (χ0n) is 11.2. The maximum absolute atomic E-state index is 10.6. The number of halogens is 2. The van der Waals surface area contributed by atoms with Gasteiger partial charge in [0.2, 0.25) is 0 Å². The van der Waals surface area contributed by atoms with Crippen LogP contribution in [0.15, 0.2) is 16.7 Å². The van der Waals surface area contributed by atoms with Gasteiger partial charge in [-0.15, -0.1) is 5.10 Å². The van der Waals surface area contributed by atoms with E-state index in [9.17, 15) is 5.11 Å². The lowest BCUT2D eigenvalue weighted by Crippen LogP contribution is -2.08. The average molecular weight is 375 g/mol. The van der Waals surface area contributed by atoms with E-state index in [1.807, 2.05) is 0 Å². The summed E-state index contributed by atoms with van der Waals surface area (Å²) in [6, 6.07) is 3.40. The Balaban J connectivity index is 2.03. The first kappa shape index (κ1) is 14.6. The third kappa shape index (κ3) is 2.73. The maximum Gasteiger partial charge on any atom is 0.179 e. The van der Waals surface area contributed by atoms with E-state index >= 15 is 0 Å². The summed E-state index contributed by atoms with van der Waals surface area (Å²) >= 11 is 9.52. The van der Waals surface area contributed by atoms with Crippen LogP contribution in [0.1, 0.15) is 23.8 Å². The fraction of sp³-hybridized carbons (Fsp3) is 0.385. The molecule has 1 atom stereocenters. The third-order valence-electron chi connectivity index (χ3n) is 3.23. The number of rotatable bonds is 2. The highest BCUT2D eigenvalue weighted by molar-refractivity contribution is 9.10. The van der Waals surface area contributed by atoms with E-state index in [2.05, 4.69) is 26.2 Å². The van der Waals surface area contributed by atoms with Crippen molar-refractivity contribution in [2.24, 2.45) is 7.05 Å². The van der Waals surface area contributed by atoms with Crippen LogP contribution in [0.5, 0.6) is 11.5 Å². The third-order valence-corrected chi connectivity index (χ3v) is 4.07. The van der Waals surface area contributed by atoms with Crippen molar-refractivity contribution in [2.45, 2.75) is 12.5 Å². The first-order valence-corrected chi connectivity index (χ1v) is 7.57. The molecule has 0 radical (unpaired) electrons. The summed E-state index contributed by atoms with van der Waals surface area (Å²) in [4.78, 5) is 0. The second-order valence-electron chi connectivity index (χ2n) is 4.67. The van der Waals surface area contributed by atoms with Gasteiger partial charge in [-0.2, -0.15) is 0 Å². The van der Waals surface area contributed by atoms with E-state index in [0.29, 0.717) is 45.6 Å². The van der Waals surface area contributed by atoms with Crippen molar-refractivity contribution in [2.75, 3.05) is 13.2 Å². The van der Waals surface area contributed by atoms with Gasteiger partial charge in [-0.1, -0.05) is 16.8 Å². The van der Waals surface area contributed by atoms with Gasteiger partial charge in [0.15, 0.2) is 16.1 Å². The molecule has 1 aromatic carbocycles. The number of benzene rings is 1. The average Bonchev–Trinajstić information content (AvgIpc) is 2.67. The highest BCUT2D eigenvalue weighted by Crippen LogP contribution is 2.40. The highest BCUT2D eigenvalue weighted by atomic mass is 79.9. The number of nitrogens with zero attached hydrogens (tertiary/aromatic N) is 3. The van der Waals surface area contributed by atoms with Crippen LogP contribution < -0.4 is 9.47 Å². The minimum Gasteiger partial charge on any atom is -0.489 e. The number of aliphatic hydroxyl groups is 1. The van der Waals surface area contributed by atoms with Crippen molar-refractivity contribution >= 4 is 27.5 Å². The molecule has 8 heteroatoms. The second kappa shape index (κ2) is 5.82. The Kier molecular flexibility index (Phi) is 4.05. The van der Waals surface area contributed by atoms with Gasteiger partial charge in [0.05, 0.1) is 18.2 Å². The lowest BCUT2D eigenvalue weighted by molar-refractivity contribution is 0.208. The molecule has 2 heterocycles. The van der Waals surface area contributed by atoms with E-state index in [1.165, 1.54) is 4.68 Å². The zero-order valence-corrected chi connectivity index (χ0v) is 13.6. The Morgan fingerprint density at radius 3 is 2.86 bits per heavy atom. The Hall–Kier alpha value is -1.31. The molecule has 0 fully saturated rings. The topological polar surface area (TPSA) is 69.4 Å². The number of aliphatic hydroxyl groups excluding tert-OH is 1. The molecule has 1 aliphatic rings. The Morgan fingerprint density at radius 2 is 2.14 bits per heavy atom. The standard InChI is InChI=1S/C13H13BrClN3O3/c1-18-10(13(14)16-17-18)11(19)7-5-8(15)12-9(6-7)20-3-2-4-21-12/h5-6,11,19H,2-4H2,1H3. The molecule has 21 heavy (non-hydrogen) atoms. The summed E-state index contributed by atoms with van der Waals surface area (Å²) in [5.74, 6) is 1.06. The molecular formula is C13H13BrClN3O3. The van der Waals surface area contributed by atoms with Gasteiger partial charge in [-0.3, -0.25) is 0 Å². The minimum absolute atomic E-state index is 0.412. The normalized spacial score (nSPS) is 15.6. The number of aromatic nitrogens is 3. The fourth-order valence-electron chi connectivity index (χ4n) is 2.20. The van der Waals surface area contributed by atoms with Crippen LogP contribution in [-0.2, 0) is 7.05 Å². The molecule has 0 amide bonds. The molecule has 0 aliphatic carbocycles. The maximum atomic E-state index is 10.6. The van der Waals surface area contributed by atoms with E-state index < -0.39 is 6.10 Å². The monoisotopic (exact) mass is 373 g/mol. The van der Waals surface area contributed by atoms with Crippen LogP contribution in [-0.4, -0.2) is 33.3 Å². The number of hydrogen-bond acceptors (Lipinski definition) is 5. The molecule has 0 spiro atoms. The summed E-state index contributed by atoms with van der Waals surface area (Å²) in [5.41, 5.74) is 1.14. The predicted octanol–water partition coefficient (Wildman–Crippen LogP) is 2.47. The molecule has 112 valence electrons. The van der Waals surface area contributed by atoms with Gasteiger partial charge in [-0.25, -0.2) is 4.68 Å². The molecule has 1 N–H and O–H groups in total. The Morgan fingerprint density at radius 1 is 1.38 bits per heavy atom. The molecular weight excluding hydrogens is 362 g/mol. The van der Waals surface area contributed by atoms with Crippen molar-refractivity contribution in [3.8, 4) is 11.5 Å². The summed E-state index contributed by atoms with van der Waals surface area (Å²) < 4.78 is 13.2. The lowest BCUT2D eigenvalue weighted by atomic mass is 10.1. The summed E-state index contributed by atoms with van der Waals surface area (Å²) in [5, 5.41) is 18.7. The van der Waals surface area contributed by atoms with Crippen LogP contribution in [0.25, 0.3) is 0 Å². The van der Waals surface area contributed by atoms with Crippen LogP contribution in [0, 0.1) is 0 Å². The van der Waals surface area contributed by atoms with Crippen LogP contribution in [0.4, 0.5) is 0 Å². The highest BCUT2D eigenvalue weighted by Gasteiger charge is 2.23. The summed E-state index contributed by atoms with van der Waals surface area (Å²) in [6.07, 6.45) is -0.130. The predicted molar refractivity (Wildman–Crippen MR) is 79.8 cm³/mol. The number of fused-ring (bicyclic) bond motifs is 1. The van der Waals surface area contributed by atoms with Gasteiger partial charge in [-0.05, 0) is 33.6 Å².